The normalized spacial score (nSPS) is 20.9. The average Bonchev–Trinajstić information content (AvgIpc) is 4.19. The smallest absolute Gasteiger partial charge is 0.0677 e. The lowest BCUT2D eigenvalue weighted by atomic mass is 9.60. The summed E-state index contributed by atoms with van der Waals surface area (Å²) in [5.41, 5.74) is 23.8. The van der Waals surface area contributed by atoms with E-state index in [2.05, 4.69) is 309 Å². The Morgan fingerprint density at radius 2 is 1.04 bits per heavy atom. The van der Waals surface area contributed by atoms with Gasteiger partial charge in [0.1, 0.15) is 0 Å². The molecule has 2 heteroatoms. The van der Waals surface area contributed by atoms with Crippen LogP contribution >= 0.6 is 0 Å². The van der Waals surface area contributed by atoms with Crippen molar-refractivity contribution in [3.8, 4) is 22.3 Å². The van der Waals surface area contributed by atoms with Crippen LogP contribution in [-0.4, -0.2) is 0 Å². The van der Waals surface area contributed by atoms with Crippen LogP contribution in [0.2, 0.25) is 0 Å². The van der Waals surface area contributed by atoms with E-state index >= 15 is 0 Å². The van der Waals surface area contributed by atoms with Gasteiger partial charge in [0.25, 0.3) is 0 Å². The number of rotatable bonds is 13. The van der Waals surface area contributed by atoms with Crippen molar-refractivity contribution in [3.05, 3.63) is 360 Å². The molecule has 0 aliphatic heterocycles. The maximum Gasteiger partial charge on any atom is 0.0677 e. The van der Waals surface area contributed by atoms with Gasteiger partial charge in [0.05, 0.1) is 10.8 Å². The molecule has 14 rings (SSSR count). The summed E-state index contributed by atoms with van der Waals surface area (Å²) >= 11 is 0. The second-order valence-corrected chi connectivity index (χ2v) is 22.5. The molecule has 4 unspecified atom stereocenters. The average molecular weight is 1040 g/mol. The van der Waals surface area contributed by atoms with E-state index in [-0.39, 0.29) is 11.3 Å². The lowest BCUT2D eigenvalue weighted by Crippen LogP contribution is -2.40. The summed E-state index contributed by atoms with van der Waals surface area (Å²) < 4.78 is 0. The Hall–Kier alpha value is -9.50. The molecule has 5 aliphatic carbocycles. The fourth-order valence-electron chi connectivity index (χ4n) is 14.6. The fraction of sp³-hybridized carbons (Fsp3) is 0.114. The monoisotopic (exact) mass is 1040 g/mol. The molecule has 0 aromatic heterocycles. The van der Waals surface area contributed by atoms with Crippen molar-refractivity contribution in [1.82, 2.24) is 0 Å². The fourth-order valence-corrected chi connectivity index (χ4v) is 14.6. The molecule has 0 amide bonds. The Labute approximate surface area is 478 Å². The van der Waals surface area contributed by atoms with Crippen molar-refractivity contribution in [2.75, 3.05) is 9.80 Å². The van der Waals surface area contributed by atoms with Gasteiger partial charge in [-0.15, -0.1) is 0 Å². The first-order chi connectivity index (χ1) is 39.9. The van der Waals surface area contributed by atoms with Gasteiger partial charge in [-0.1, -0.05) is 250 Å². The topological polar surface area (TPSA) is 6.48 Å². The van der Waals surface area contributed by atoms with Gasteiger partial charge in [0, 0.05) is 45.5 Å². The zero-order valence-electron chi connectivity index (χ0n) is 45.9. The van der Waals surface area contributed by atoms with Gasteiger partial charge in [0.2, 0.25) is 0 Å². The molecule has 0 saturated heterocycles. The highest BCUT2D eigenvalue weighted by atomic mass is 15.2. The van der Waals surface area contributed by atoms with Crippen LogP contribution < -0.4 is 9.80 Å². The first kappa shape index (κ1) is 49.8. The molecule has 390 valence electrons. The predicted octanol–water partition coefficient (Wildman–Crippen LogP) is 20.3. The molecule has 5 aliphatic rings. The summed E-state index contributed by atoms with van der Waals surface area (Å²) in [5, 5.41) is 0. The highest BCUT2D eigenvalue weighted by molar-refractivity contribution is 5.90. The Morgan fingerprint density at radius 3 is 1.70 bits per heavy atom. The highest BCUT2D eigenvalue weighted by Gasteiger charge is 2.58. The minimum Gasteiger partial charge on any atom is -0.314 e. The number of nitrogens with zero attached hydrogens (tertiary/aromatic N) is 2. The van der Waals surface area contributed by atoms with Crippen LogP contribution in [-0.2, 0) is 16.2 Å². The van der Waals surface area contributed by atoms with Gasteiger partial charge in [-0.2, -0.15) is 0 Å². The standard InChI is InChI=1S/C79H64N2/c1-4-56-33-41-62(42-34-56)78(60-22-10-6-11-23-60)72-31-19-18-30-70(72)71-51-49-68(54-74(71)78)80(64-26-14-8-15-27-64)66-45-37-58(38-46-66)59-39-47-67(48-40-59)81(65-28-16-9-17-29-65)69-50-52-73-75(55-69)79(61-24-12-7-13-25-61,63-43-35-57(5-2)36-44-63)76-32-20-21-53-77(73,76)3/h4-16,18-28,30-33,35-41,43-55,76H,1-2,17,29,34,42H2,3H3. The molecule has 0 spiro atoms. The zero-order chi connectivity index (χ0) is 54.5. The molecule has 0 radical (unpaired) electrons. The van der Waals surface area contributed by atoms with Crippen molar-refractivity contribution in [3.63, 3.8) is 0 Å². The van der Waals surface area contributed by atoms with E-state index in [1.807, 2.05) is 12.2 Å². The third-order valence-electron chi connectivity index (χ3n) is 18.4. The summed E-state index contributed by atoms with van der Waals surface area (Å²) in [7, 11) is 0. The maximum absolute atomic E-state index is 4.13. The van der Waals surface area contributed by atoms with Crippen LogP contribution in [0.15, 0.2) is 315 Å². The molecule has 81 heavy (non-hydrogen) atoms. The van der Waals surface area contributed by atoms with Crippen LogP contribution in [0.25, 0.3) is 28.3 Å². The molecule has 0 saturated carbocycles. The molecule has 9 aromatic rings. The van der Waals surface area contributed by atoms with E-state index < -0.39 is 10.8 Å². The highest BCUT2D eigenvalue weighted by Crippen LogP contribution is 2.63. The molecule has 4 atom stereocenters. The summed E-state index contributed by atoms with van der Waals surface area (Å²) in [4.78, 5) is 4.92. The van der Waals surface area contributed by atoms with Crippen molar-refractivity contribution >= 4 is 34.5 Å². The summed E-state index contributed by atoms with van der Waals surface area (Å²) in [6.45, 7) is 10.7. The van der Waals surface area contributed by atoms with E-state index in [9.17, 15) is 0 Å². The number of fused-ring (bicyclic) bond motifs is 6. The molecule has 9 aromatic carbocycles. The minimum absolute atomic E-state index is 0.159. The minimum atomic E-state index is -0.456. The predicted molar refractivity (Wildman–Crippen MR) is 341 cm³/mol. The molecule has 0 fully saturated rings. The van der Waals surface area contributed by atoms with Crippen LogP contribution in [0.3, 0.4) is 0 Å². The first-order valence-electron chi connectivity index (χ1n) is 28.8. The quantitative estimate of drug-likeness (QED) is 0.114. The van der Waals surface area contributed by atoms with Crippen molar-refractivity contribution in [1.29, 1.82) is 0 Å². The van der Waals surface area contributed by atoms with Crippen LogP contribution in [0.5, 0.6) is 0 Å². The Morgan fingerprint density at radius 1 is 0.444 bits per heavy atom. The third kappa shape index (κ3) is 7.99. The van der Waals surface area contributed by atoms with E-state index in [1.165, 1.54) is 72.5 Å². The van der Waals surface area contributed by atoms with E-state index in [1.54, 1.807) is 0 Å². The van der Waals surface area contributed by atoms with Crippen LogP contribution in [0.1, 0.15) is 77.1 Å². The second kappa shape index (κ2) is 20.3. The second-order valence-electron chi connectivity index (χ2n) is 22.5. The number of hydrogen-bond acceptors (Lipinski definition) is 2. The van der Waals surface area contributed by atoms with Gasteiger partial charge in [-0.25, -0.2) is 0 Å². The summed E-state index contributed by atoms with van der Waals surface area (Å²) in [5.74, 6) is 0.159. The number of para-hydroxylation sites is 1. The van der Waals surface area contributed by atoms with Gasteiger partial charge < -0.3 is 9.80 Å². The zero-order valence-corrected chi connectivity index (χ0v) is 45.9. The maximum atomic E-state index is 4.13. The van der Waals surface area contributed by atoms with Crippen LogP contribution in [0, 0.1) is 5.92 Å². The molecular formula is C79H64N2. The van der Waals surface area contributed by atoms with Gasteiger partial charge in [-0.3, -0.25) is 0 Å². The summed E-state index contributed by atoms with van der Waals surface area (Å²) in [6.07, 6.45) is 28.7. The summed E-state index contributed by atoms with van der Waals surface area (Å²) in [6, 6.07) is 84.2. The molecular weight excluding hydrogens is 977 g/mol. The lowest BCUT2D eigenvalue weighted by molar-refractivity contribution is 0.366. The van der Waals surface area contributed by atoms with Crippen molar-refractivity contribution < 1.29 is 0 Å². The van der Waals surface area contributed by atoms with Gasteiger partial charge in [-0.05, 0) is 165 Å². The lowest BCUT2D eigenvalue weighted by Gasteiger charge is -2.42. The van der Waals surface area contributed by atoms with Crippen molar-refractivity contribution in [2.24, 2.45) is 5.92 Å². The Bertz CT molecular complexity index is 4080. The number of allylic oxidation sites excluding steroid dienone is 13. The first-order valence-corrected chi connectivity index (χ1v) is 28.8. The SMILES string of the molecule is C=CC1=CC=C(C2(c3ccccc3)c3ccccc3-c3ccc(N(c4ccccc4)c4ccc(-c5ccc(N(C6=CC=CCC6)c6ccc7c(c6)C(c6ccccc6)(c6ccc(C=C)cc6)C6C=CC=CC76C)cc5)cc4)cc32)CC1. The largest absolute Gasteiger partial charge is 0.314 e. The number of hydrogen-bond donors (Lipinski definition) is 0. The molecule has 2 nitrogen and oxygen atoms in total. The van der Waals surface area contributed by atoms with E-state index in [4.69, 9.17) is 0 Å². The van der Waals surface area contributed by atoms with E-state index in [0.29, 0.717) is 0 Å². The number of benzene rings is 9. The Balaban J connectivity index is 0.846. The molecule has 0 bridgehead atoms. The Kier molecular flexibility index (Phi) is 12.5. The van der Waals surface area contributed by atoms with Gasteiger partial charge in [0.15, 0.2) is 0 Å². The van der Waals surface area contributed by atoms with E-state index in [0.717, 1.165) is 65.2 Å². The van der Waals surface area contributed by atoms with Crippen LogP contribution in [0.4, 0.5) is 28.4 Å². The number of anilines is 5. The third-order valence-corrected chi connectivity index (χ3v) is 18.4. The van der Waals surface area contributed by atoms with Gasteiger partial charge >= 0.3 is 0 Å². The molecule has 0 heterocycles. The van der Waals surface area contributed by atoms with Crippen molar-refractivity contribution in [2.45, 2.75) is 48.9 Å². The molecule has 0 N–H and O–H groups in total.